The van der Waals surface area contributed by atoms with Gasteiger partial charge in [-0.05, 0) is 51.3 Å². The third kappa shape index (κ3) is 12.3. The molecule has 0 aromatic heterocycles. The predicted octanol–water partition coefficient (Wildman–Crippen LogP) is 4.16. The van der Waals surface area contributed by atoms with Crippen LogP contribution in [-0.4, -0.2) is 85.7 Å². The predicted molar refractivity (Wildman–Crippen MR) is 152 cm³/mol. The number of piperazine rings is 1. The fraction of sp³-hybridized carbons (Fsp3) is 0.516. The Morgan fingerprint density at radius 2 is 1.54 bits per heavy atom. The van der Waals surface area contributed by atoms with Gasteiger partial charge in [0.25, 0.3) is 6.47 Å². The minimum atomic E-state index is -0.661. The number of hydrogen-bond acceptors (Lipinski definition) is 9. The highest BCUT2D eigenvalue weighted by Crippen LogP contribution is 2.19. The number of carbonyl (C=O) groups excluding carboxylic acids is 3. The van der Waals surface area contributed by atoms with Gasteiger partial charge in [0.05, 0.1) is 6.61 Å². The van der Waals surface area contributed by atoms with Gasteiger partial charge in [-0.2, -0.15) is 0 Å². The number of esters is 1. The lowest BCUT2D eigenvalue weighted by Crippen LogP contribution is -2.50. The van der Waals surface area contributed by atoms with Crippen molar-refractivity contribution in [3.05, 3.63) is 71.8 Å². The molecule has 2 fully saturated rings. The largest absolute Gasteiger partial charge is 0.463 e. The fourth-order valence-corrected chi connectivity index (χ4v) is 4.22. The monoisotopic (exact) mass is 570 g/mol. The molecule has 2 aliphatic rings. The van der Waals surface area contributed by atoms with E-state index in [0.29, 0.717) is 26.2 Å². The van der Waals surface area contributed by atoms with E-state index in [2.05, 4.69) is 9.64 Å². The van der Waals surface area contributed by atoms with Crippen molar-refractivity contribution >= 4 is 18.5 Å². The number of nitrogens with zero attached hydrogens (tertiary/aromatic N) is 2. The molecule has 1 unspecified atom stereocenters. The van der Waals surface area contributed by atoms with Crippen molar-refractivity contribution in [3.8, 4) is 0 Å². The standard InChI is InChI=1S/C23H34N2O6.C8H8O2/c1-23(2,3)31-22(27)25-14-12-24(13-15-25)11-7-10-20-28-17-19(30-20)21(26)29-16-18-8-5-4-6-9-18;9-7-10-6-8-4-2-1-3-5-8/h4-6,8-9,19-20H,7,10-17H2,1-3H3;1-5,7H,6H2/t19-,20?;/m1./s1. The minimum absolute atomic E-state index is 0.229. The molecular weight excluding hydrogens is 528 g/mol. The number of hydrogen-bond donors (Lipinski definition) is 0. The lowest BCUT2D eigenvalue weighted by Gasteiger charge is -2.35. The molecule has 41 heavy (non-hydrogen) atoms. The topological polar surface area (TPSA) is 104 Å². The van der Waals surface area contributed by atoms with Gasteiger partial charge < -0.3 is 28.6 Å². The van der Waals surface area contributed by atoms with Crippen LogP contribution in [0, 0.1) is 0 Å². The second-order valence-electron chi connectivity index (χ2n) is 10.8. The zero-order valence-electron chi connectivity index (χ0n) is 24.2. The highest BCUT2D eigenvalue weighted by molar-refractivity contribution is 5.75. The summed E-state index contributed by atoms with van der Waals surface area (Å²) in [7, 11) is 0. The summed E-state index contributed by atoms with van der Waals surface area (Å²) in [5.41, 5.74) is 1.48. The number of ether oxygens (including phenoxy) is 5. The first-order valence-electron chi connectivity index (χ1n) is 14.0. The van der Waals surface area contributed by atoms with Gasteiger partial charge in [-0.3, -0.25) is 9.69 Å². The van der Waals surface area contributed by atoms with E-state index in [9.17, 15) is 14.4 Å². The summed E-state index contributed by atoms with van der Waals surface area (Å²) in [4.78, 5) is 38.2. The van der Waals surface area contributed by atoms with E-state index in [1.165, 1.54) is 0 Å². The van der Waals surface area contributed by atoms with Crippen molar-refractivity contribution in [1.82, 2.24) is 9.80 Å². The zero-order chi connectivity index (χ0) is 29.5. The lowest BCUT2D eigenvalue weighted by molar-refractivity contribution is -0.158. The first-order chi connectivity index (χ1) is 19.7. The Balaban J connectivity index is 0.000000389. The van der Waals surface area contributed by atoms with Crippen LogP contribution in [0.2, 0.25) is 0 Å². The molecule has 2 aliphatic heterocycles. The molecule has 224 valence electrons. The van der Waals surface area contributed by atoms with Crippen LogP contribution in [0.4, 0.5) is 4.79 Å². The van der Waals surface area contributed by atoms with Crippen molar-refractivity contribution in [2.24, 2.45) is 0 Å². The summed E-state index contributed by atoms with van der Waals surface area (Å²) < 4.78 is 26.6. The van der Waals surface area contributed by atoms with Gasteiger partial charge in [0, 0.05) is 26.2 Å². The van der Waals surface area contributed by atoms with Gasteiger partial charge in [-0.25, -0.2) is 9.59 Å². The molecule has 0 N–H and O–H groups in total. The number of carbonyl (C=O) groups is 3. The van der Waals surface area contributed by atoms with Crippen LogP contribution in [-0.2, 0) is 46.5 Å². The van der Waals surface area contributed by atoms with E-state index in [0.717, 1.165) is 43.6 Å². The smallest absolute Gasteiger partial charge is 0.410 e. The molecule has 0 radical (unpaired) electrons. The Morgan fingerprint density at radius 3 is 2.12 bits per heavy atom. The molecule has 2 heterocycles. The second-order valence-corrected chi connectivity index (χ2v) is 10.8. The van der Waals surface area contributed by atoms with E-state index in [1.54, 1.807) is 4.90 Å². The lowest BCUT2D eigenvalue weighted by atomic mass is 10.2. The summed E-state index contributed by atoms with van der Waals surface area (Å²) in [5, 5.41) is 0. The highest BCUT2D eigenvalue weighted by atomic mass is 16.7. The van der Waals surface area contributed by atoms with E-state index in [1.807, 2.05) is 81.4 Å². The highest BCUT2D eigenvalue weighted by Gasteiger charge is 2.33. The summed E-state index contributed by atoms with van der Waals surface area (Å²) in [6.45, 7) is 10.8. The van der Waals surface area contributed by atoms with Crippen LogP contribution in [0.1, 0.15) is 44.7 Å². The Bertz CT molecular complexity index is 1050. The van der Waals surface area contributed by atoms with Crippen molar-refractivity contribution < 1.29 is 38.1 Å². The van der Waals surface area contributed by atoms with Gasteiger partial charge in [0.2, 0.25) is 0 Å². The average molecular weight is 571 g/mol. The van der Waals surface area contributed by atoms with Crippen LogP contribution in [0.5, 0.6) is 0 Å². The third-order valence-corrected chi connectivity index (χ3v) is 6.34. The van der Waals surface area contributed by atoms with Crippen molar-refractivity contribution in [2.45, 2.75) is 64.8 Å². The quantitative estimate of drug-likeness (QED) is 0.237. The average Bonchev–Trinajstić information content (AvgIpc) is 3.45. The Morgan fingerprint density at radius 1 is 0.927 bits per heavy atom. The van der Waals surface area contributed by atoms with E-state index >= 15 is 0 Å². The Kier molecular flexibility index (Phi) is 13.1. The van der Waals surface area contributed by atoms with E-state index in [4.69, 9.17) is 18.9 Å². The summed E-state index contributed by atoms with van der Waals surface area (Å²) in [6.07, 6.45) is 0.325. The second kappa shape index (κ2) is 16.7. The van der Waals surface area contributed by atoms with Gasteiger partial charge in [0.15, 0.2) is 12.4 Å². The molecule has 1 amide bonds. The molecule has 10 nitrogen and oxygen atoms in total. The number of amides is 1. The normalized spacial score (nSPS) is 19.0. The van der Waals surface area contributed by atoms with Crippen LogP contribution in [0.15, 0.2) is 60.7 Å². The molecule has 4 rings (SSSR count). The number of benzene rings is 2. The summed E-state index contributed by atoms with van der Waals surface area (Å²) in [6, 6.07) is 19.1. The van der Waals surface area contributed by atoms with Crippen molar-refractivity contribution in [1.29, 1.82) is 0 Å². The number of rotatable bonds is 10. The van der Waals surface area contributed by atoms with Gasteiger partial charge in [-0.15, -0.1) is 0 Å². The maximum absolute atomic E-state index is 12.2. The Hall–Kier alpha value is -3.47. The van der Waals surface area contributed by atoms with Crippen LogP contribution < -0.4 is 0 Å². The fourth-order valence-electron chi connectivity index (χ4n) is 4.22. The van der Waals surface area contributed by atoms with Crippen molar-refractivity contribution in [3.63, 3.8) is 0 Å². The van der Waals surface area contributed by atoms with Crippen molar-refractivity contribution in [2.75, 3.05) is 39.3 Å². The molecule has 0 spiro atoms. The maximum atomic E-state index is 12.2. The SMILES string of the molecule is CC(C)(C)OC(=O)N1CCN(CCCC2OC[C@H](C(=O)OCc3ccccc3)O2)CC1.O=COCc1ccccc1. The molecular formula is C31H42N2O8. The minimum Gasteiger partial charge on any atom is -0.463 e. The summed E-state index contributed by atoms with van der Waals surface area (Å²) in [5.74, 6) is -0.385. The molecule has 2 atom stereocenters. The molecule has 0 bridgehead atoms. The molecule has 2 saturated heterocycles. The molecule has 10 heteroatoms. The third-order valence-electron chi connectivity index (χ3n) is 6.34. The van der Waals surface area contributed by atoms with E-state index < -0.39 is 11.7 Å². The van der Waals surface area contributed by atoms with Gasteiger partial charge in [-0.1, -0.05) is 60.7 Å². The molecule has 2 aromatic carbocycles. The maximum Gasteiger partial charge on any atom is 0.410 e. The zero-order valence-corrected chi connectivity index (χ0v) is 24.2. The molecule has 0 saturated carbocycles. The van der Waals surface area contributed by atoms with Crippen LogP contribution >= 0.6 is 0 Å². The van der Waals surface area contributed by atoms with Crippen LogP contribution in [0.25, 0.3) is 0 Å². The first kappa shape index (κ1) is 32.0. The summed E-state index contributed by atoms with van der Waals surface area (Å²) >= 11 is 0. The molecule has 0 aliphatic carbocycles. The van der Waals surface area contributed by atoms with Gasteiger partial charge >= 0.3 is 12.1 Å². The first-order valence-corrected chi connectivity index (χ1v) is 14.0. The van der Waals surface area contributed by atoms with Crippen LogP contribution in [0.3, 0.4) is 0 Å². The Labute approximate surface area is 242 Å². The van der Waals surface area contributed by atoms with E-state index in [-0.39, 0.29) is 31.6 Å². The van der Waals surface area contributed by atoms with Gasteiger partial charge in [0.1, 0.15) is 18.8 Å². The molecule has 2 aromatic rings.